The molecule has 0 aliphatic carbocycles. The van der Waals surface area contributed by atoms with Gasteiger partial charge in [0, 0.05) is 25.1 Å². The second kappa shape index (κ2) is 6.81. The molecule has 1 atom stereocenters. The smallest absolute Gasteiger partial charge is 0.279 e. The average molecular weight is 343 g/mol. The van der Waals surface area contributed by atoms with Gasteiger partial charge in [0.05, 0.1) is 5.56 Å². The van der Waals surface area contributed by atoms with E-state index in [1.165, 1.54) is 11.8 Å². The van der Waals surface area contributed by atoms with Crippen LogP contribution in [-0.2, 0) is 11.8 Å². The fraction of sp³-hybridized carbons (Fsp3) is 0.389. The summed E-state index contributed by atoms with van der Waals surface area (Å²) in [5.41, 5.74) is 2.44. The number of anilines is 1. The molecule has 3 rings (SSSR count). The van der Waals surface area contributed by atoms with Crippen molar-refractivity contribution >= 4 is 23.5 Å². The Bertz CT molecular complexity index is 845. The number of carbonyl (C=O) groups excluding carboxylic acids is 1. The van der Waals surface area contributed by atoms with Crippen molar-refractivity contribution in [3.8, 4) is 0 Å². The van der Waals surface area contributed by atoms with Gasteiger partial charge in [-0.3, -0.25) is 9.59 Å². The number of benzene rings is 1. The van der Waals surface area contributed by atoms with Crippen LogP contribution >= 0.6 is 11.8 Å². The molecule has 5 nitrogen and oxygen atoms in total. The van der Waals surface area contributed by atoms with Crippen molar-refractivity contribution in [1.82, 2.24) is 9.55 Å². The largest absolute Gasteiger partial charge is 0.312 e. The molecule has 0 bridgehead atoms. The summed E-state index contributed by atoms with van der Waals surface area (Å²) in [4.78, 5) is 29.2. The molecule has 0 radical (unpaired) electrons. The number of rotatable bonds is 4. The standard InChI is InChI=1S/C18H21N3O2S/c1-4-9-24-18-20-17(23)15-13(12-8-6-5-7-11(12)2)10-14(22)19-16(15)21(18)3/h5-8,13H,4,9-10H2,1-3H3,(H,19,22). The first-order valence-electron chi connectivity index (χ1n) is 8.12. The van der Waals surface area contributed by atoms with Crippen LogP contribution in [-0.4, -0.2) is 21.2 Å². The van der Waals surface area contributed by atoms with Crippen LogP contribution in [0.3, 0.4) is 0 Å². The number of amides is 1. The molecule has 1 aromatic carbocycles. The summed E-state index contributed by atoms with van der Waals surface area (Å²) >= 11 is 1.54. The van der Waals surface area contributed by atoms with Gasteiger partial charge in [-0.25, -0.2) is 0 Å². The lowest BCUT2D eigenvalue weighted by Gasteiger charge is -2.28. The highest BCUT2D eigenvalue weighted by Gasteiger charge is 2.32. The topological polar surface area (TPSA) is 64.0 Å². The van der Waals surface area contributed by atoms with E-state index in [-0.39, 0.29) is 23.8 Å². The first-order valence-corrected chi connectivity index (χ1v) is 9.10. The molecule has 1 unspecified atom stereocenters. The van der Waals surface area contributed by atoms with E-state index in [2.05, 4.69) is 17.2 Å². The van der Waals surface area contributed by atoms with Gasteiger partial charge < -0.3 is 9.88 Å². The summed E-state index contributed by atoms with van der Waals surface area (Å²) in [6.07, 6.45) is 1.27. The highest BCUT2D eigenvalue weighted by molar-refractivity contribution is 7.99. The van der Waals surface area contributed by atoms with Crippen LogP contribution in [0.15, 0.2) is 34.2 Å². The lowest BCUT2D eigenvalue weighted by molar-refractivity contribution is -0.116. The average Bonchev–Trinajstić information content (AvgIpc) is 2.56. The fourth-order valence-corrected chi connectivity index (χ4v) is 3.92. The van der Waals surface area contributed by atoms with Crippen molar-refractivity contribution < 1.29 is 4.79 Å². The highest BCUT2D eigenvalue weighted by Crippen LogP contribution is 2.36. The van der Waals surface area contributed by atoms with Gasteiger partial charge in [-0.2, -0.15) is 4.98 Å². The second-order valence-electron chi connectivity index (χ2n) is 6.03. The van der Waals surface area contributed by atoms with Crippen LogP contribution in [0.5, 0.6) is 0 Å². The molecule has 0 spiro atoms. The van der Waals surface area contributed by atoms with E-state index in [9.17, 15) is 9.59 Å². The van der Waals surface area contributed by atoms with Gasteiger partial charge in [-0.05, 0) is 24.5 Å². The zero-order valence-corrected chi connectivity index (χ0v) is 14.9. The van der Waals surface area contributed by atoms with Crippen molar-refractivity contribution in [2.45, 2.75) is 37.8 Å². The van der Waals surface area contributed by atoms with Crippen LogP contribution in [0.2, 0.25) is 0 Å². The van der Waals surface area contributed by atoms with Crippen LogP contribution < -0.4 is 10.9 Å². The molecule has 24 heavy (non-hydrogen) atoms. The lowest BCUT2D eigenvalue weighted by atomic mass is 9.84. The Hall–Kier alpha value is -2.08. The molecule has 1 aliphatic heterocycles. The second-order valence-corrected chi connectivity index (χ2v) is 7.09. The van der Waals surface area contributed by atoms with Crippen molar-refractivity contribution in [2.75, 3.05) is 11.1 Å². The minimum Gasteiger partial charge on any atom is -0.312 e. The normalized spacial score (nSPS) is 16.6. The summed E-state index contributed by atoms with van der Waals surface area (Å²) in [6.45, 7) is 4.09. The number of aromatic nitrogens is 2. The maximum Gasteiger partial charge on any atom is 0.279 e. The van der Waals surface area contributed by atoms with Gasteiger partial charge in [0.2, 0.25) is 5.91 Å². The quantitative estimate of drug-likeness (QED) is 0.684. The number of aryl methyl sites for hydroxylation is 1. The van der Waals surface area contributed by atoms with Crippen LogP contribution in [0.4, 0.5) is 5.82 Å². The zero-order valence-electron chi connectivity index (χ0n) is 14.1. The molecule has 2 aromatic rings. The summed E-state index contributed by atoms with van der Waals surface area (Å²) < 4.78 is 1.83. The van der Waals surface area contributed by atoms with Gasteiger partial charge in [0.25, 0.3) is 5.56 Å². The third kappa shape index (κ3) is 2.98. The van der Waals surface area contributed by atoms with E-state index in [1.54, 1.807) is 0 Å². The molecule has 126 valence electrons. The maximum absolute atomic E-state index is 12.7. The van der Waals surface area contributed by atoms with E-state index in [0.29, 0.717) is 16.5 Å². The number of nitrogens with one attached hydrogen (secondary N) is 1. The maximum atomic E-state index is 12.7. The Kier molecular flexibility index (Phi) is 4.76. The van der Waals surface area contributed by atoms with E-state index in [1.807, 2.05) is 42.8 Å². The van der Waals surface area contributed by atoms with Crippen LogP contribution in [0.1, 0.15) is 42.4 Å². The number of thioether (sulfide) groups is 1. The van der Waals surface area contributed by atoms with Gasteiger partial charge in [-0.15, -0.1) is 0 Å². The number of carbonyl (C=O) groups is 1. The van der Waals surface area contributed by atoms with E-state index < -0.39 is 0 Å². The van der Waals surface area contributed by atoms with E-state index in [4.69, 9.17) is 0 Å². The Balaban J connectivity index is 2.17. The van der Waals surface area contributed by atoms with E-state index in [0.717, 1.165) is 23.3 Å². The number of nitrogens with zero attached hydrogens (tertiary/aromatic N) is 2. The predicted octanol–water partition coefficient (Wildman–Crippen LogP) is 3.06. The Morgan fingerprint density at radius 3 is 2.79 bits per heavy atom. The first kappa shape index (κ1) is 16.8. The molecule has 2 heterocycles. The first-order chi connectivity index (χ1) is 11.5. The predicted molar refractivity (Wildman–Crippen MR) is 96.8 cm³/mol. The Morgan fingerprint density at radius 2 is 2.08 bits per heavy atom. The zero-order chi connectivity index (χ0) is 17.3. The molecule has 1 aromatic heterocycles. The summed E-state index contributed by atoms with van der Waals surface area (Å²) in [7, 11) is 1.85. The van der Waals surface area contributed by atoms with Crippen molar-refractivity contribution in [2.24, 2.45) is 7.05 Å². The third-order valence-corrected chi connectivity index (χ3v) is 5.54. The molecule has 1 aliphatic rings. The Morgan fingerprint density at radius 1 is 1.33 bits per heavy atom. The Labute approximate surface area is 145 Å². The van der Waals surface area contributed by atoms with Gasteiger partial charge in [-0.1, -0.05) is 43.0 Å². The van der Waals surface area contributed by atoms with Gasteiger partial charge in [0.15, 0.2) is 5.16 Å². The minimum absolute atomic E-state index is 0.0663. The van der Waals surface area contributed by atoms with Crippen molar-refractivity contribution in [3.05, 3.63) is 51.3 Å². The monoisotopic (exact) mass is 343 g/mol. The molecule has 6 heteroatoms. The number of fused-ring (bicyclic) bond motifs is 1. The van der Waals surface area contributed by atoms with Crippen LogP contribution in [0, 0.1) is 6.92 Å². The van der Waals surface area contributed by atoms with Crippen molar-refractivity contribution in [1.29, 1.82) is 0 Å². The SMILES string of the molecule is CCCSc1nc(=O)c2c(n1C)NC(=O)CC2c1ccccc1C. The van der Waals surface area contributed by atoms with Gasteiger partial charge in [0.1, 0.15) is 5.82 Å². The molecular formula is C18H21N3O2S. The summed E-state index contributed by atoms with van der Waals surface area (Å²) in [5.74, 6) is 1.15. The molecule has 1 N–H and O–H groups in total. The summed E-state index contributed by atoms with van der Waals surface area (Å²) in [5, 5.41) is 3.52. The molecule has 0 saturated heterocycles. The highest BCUT2D eigenvalue weighted by atomic mass is 32.2. The third-order valence-electron chi connectivity index (χ3n) is 4.30. The van der Waals surface area contributed by atoms with Gasteiger partial charge >= 0.3 is 0 Å². The molecule has 0 saturated carbocycles. The molecular weight excluding hydrogens is 322 g/mol. The van der Waals surface area contributed by atoms with Crippen molar-refractivity contribution in [3.63, 3.8) is 0 Å². The van der Waals surface area contributed by atoms with Crippen LogP contribution in [0.25, 0.3) is 0 Å². The summed E-state index contributed by atoms with van der Waals surface area (Å²) in [6, 6.07) is 7.90. The fourth-order valence-electron chi connectivity index (χ4n) is 3.10. The number of hydrogen-bond acceptors (Lipinski definition) is 4. The number of hydrogen-bond donors (Lipinski definition) is 1. The van der Waals surface area contributed by atoms with E-state index >= 15 is 0 Å². The lowest BCUT2D eigenvalue weighted by Crippen LogP contribution is -2.33. The minimum atomic E-state index is -0.244. The molecule has 1 amide bonds. The molecule has 0 fully saturated rings.